The molecule has 5 rings (SSSR count). The number of methoxy groups -OCH3 is 2. The number of benzene rings is 2. The Kier molecular flexibility index (Phi) is 7.83. The number of carbonyl (C=O) groups is 3. The molecule has 1 aliphatic carbocycles. The van der Waals surface area contributed by atoms with Crippen LogP contribution < -0.4 is 19.9 Å². The maximum absolute atomic E-state index is 13.7. The van der Waals surface area contributed by atoms with E-state index in [4.69, 9.17) is 14.5 Å². The van der Waals surface area contributed by atoms with Gasteiger partial charge in [0.1, 0.15) is 17.6 Å². The van der Waals surface area contributed by atoms with Crippen molar-refractivity contribution in [3.8, 4) is 5.75 Å². The van der Waals surface area contributed by atoms with Crippen molar-refractivity contribution in [3.05, 3.63) is 90.1 Å². The van der Waals surface area contributed by atoms with Gasteiger partial charge in [-0.1, -0.05) is 48.6 Å². The van der Waals surface area contributed by atoms with Crippen molar-refractivity contribution in [2.24, 2.45) is 0 Å². The van der Waals surface area contributed by atoms with Crippen LogP contribution in [0.15, 0.2) is 79.0 Å². The topological polar surface area (TPSA) is 123 Å². The number of fused-ring (bicyclic) bond motifs is 1. The largest absolute Gasteiger partial charge is 0.497 e. The number of hydrogen-bond acceptors (Lipinski definition) is 10. The molecule has 1 atom stereocenters. The van der Waals surface area contributed by atoms with Crippen LogP contribution in [0, 0.1) is 0 Å². The molecule has 0 bridgehead atoms. The van der Waals surface area contributed by atoms with Crippen LogP contribution in [-0.2, 0) is 25.6 Å². The Balaban J connectivity index is 1.47. The molecular formula is C29H27N5O6. The van der Waals surface area contributed by atoms with Crippen molar-refractivity contribution in [2.45, 2.75) is 12.6 Å². The zero-order valence-corrected chi connectivity index (χ0v) is 21.9. The highest BCUT2D eigenvalue weighted by Gasteiger charge is 2.34. The Hall–Kier alpha value is -5.03. The van der Waals surface area contributed by atoms with E-state index in [1.807, 2.05) is 41.3 Å². The van der Waals surface area contributed by atoms with Crippen LogP contribution in [0.25, 0.3) is 5.57 Å². The summed E-state index contributed by atoms with van der Waals surface area (Å²) in [6, 6.07) is 15.4. The van der Waals surface area contributed by atoms with Crippen molar-refractivity contribution >= 4 is 40.9 Å². The molecule has 1 N–H and O–H groups in total. The van der Waals surface area contributed by atoms with Gasteiger partial charge in [0.25, 0.3) is 0 Å². The first-order valence-electron chi connectivity index (χ1n) is 12.5. The van der Waals surface area contributed by atoms with Crippen molar-refractivity contribution in [1.29, 1.82) is 0 Å². The average Bonchev–Trinajstić information content (AvgIpc) is 3.00. The van der Waals surface area contributed by atoms with Crippen LogP contribution in [0.1, 0.15) is 11.1 Å². The first-order chi connectivity index (χ1) is 19.5. The molecule has 0 radical (unpaired) electrons. The number of ketones is 1. The fourth-order valence-corrected chi connectivity index (χ4v) is 4.45. The fraction of sp³-hybridized carbons (Fsp3) is 0.207. The molecule has 3 aromatic rings. The van der Waals surface area contributed by atoms with E-state index in [1.54, 1.807) is 49.7 Å². The maximum atomic E-state index is 13.7. The van der Waals surface area contributed by atoms with Gasteiger partial charge >= 0.3 is 12.1 Å². The Labute approximate surface area is 230 Å². The Morgan fingerprint density at radius 2 is 1.88 bits per heavy atom. The summed E-state index contributed by atoms with van der Waals surface area (Å²) in [5, 5.41) is 3.29. The van der Waals surface area contributed by atoms with Gasteiger partial charge in [0.15, 0.2) is 12.4 Å². The molecule has 2 aromatic carbocycles. The van der Waals surface area contributed by atoms with Gasteiger partial charge < -0.3 is 19.1 Å². The van der Waals surface area contributed by atoms with Gasteiger partial charge in [-0.25, -0.2) is 19.5 Å². The van der Waals surface area contributed by atoms with E-state index in [9.17, 15) is 14.4 Å². The molecular weight excluding hydrogens is 514 g/mol. The molecule has 2 heterocycles. The standard InChI is InChI=1S/C29H27N5O6/c1-38-22-13-11-19(12-14-22)23-9-6-10-24(26(23)36)33-18-30-15-20-16-31-28(32-27(20)33)34(21-7-4-3-5-8-21)29(37)40-17-25(35)39-2/h3-14,16,24,30H,15,17-18H2,1-2H3. The van der Waals surface area contributed by atoms with E-state index in [2.05, 4.69) is 15.0 Å². The van der Waals surface area contributed by atoms with Gasteiger partial charge in [-0.15, -0.1) is 0 Å². The Bertz CT molecular complexity index is 1470. The van der Waals surface area contributed by atoms with E-state index < -0.39 is 24.7 Å². The number of hydrogen-bond donors (Lipinski definition) is 1. The smallest absolute Gasteiger partial charge is 0.421 e. The van der Waals surface area contributed by atoms with E-state index in [-0.39, 0.29) is 11.7 Å². The lowest BCUT2D eigenvalue weighted by atomic mass is 9.92. The zero-order valence-electron chi connectivity index (χ0n) is 21.9. The molecule has 11 heteroatoms. The lowest BCUT2D eigenvalue weighted by Gasteiger charge is -2.36. The average molecular weight is 542 g/mol. The summed E-state index contributed by atoms with van der Waals surface area (Å²) in [4.78, 5) is 50.6. The quantitative estimate of drug-likeness (QED) is 0.445. The summed E-state index contributed by atoms with van der Waals surface area (Å²) < 4.78 is 15.0. The number of allylic oxidation sites excluding steroid dienone is 2. The number of para-hydroxylation sites is 1. The van der Waals surface area contributed by atoms with E-state index in [0.29, 0.717) is 36.0 Å². The molecule has 1 unspecified atom stereocenters. The molecule has 1 aliphatic heterocycles. The van der Waals surface area contributed by atoms with E-state index in [0.717, 1.165) is 11.1 Å². The van der Waals surface area contributed by atoms with E-state index in [1.165, 1.54) is 12.0 Å². The number of carbonyl (C=O) groups excluding carboxylic acids is 3. The third-order valence-electron chi connectivity index (χ3n) is 6.46. The van der Waals surface area contributed by atoms with Crippen LogP contribution in [-0.4, -0.2) is 61.4 Å². The number of amides is 1. The van der Waals surface area contributed by atoms with Crippen molar-refractivity contribution in [3.63, 3.8) is 0 Å². The maximum Gasteiger partial charge on any atom is 0.421 e. The molecule has 204 valence electrons. The van der Waals surface area contributed by atoms with Gasteiger partial charge in [0.2, 0.25) is 5.95 Å². The summed E-state index contributed by atoms with van der Waals surface area (Å²) in [5.41, 5.74) is 2.54. The van der Waals surface area contributed by atoms with Crippen molar-refractivity contribution < 1.29 is 28.6 Å². The zero-order chi connectivity index (χ0) is 28.1. The Morgan fingerprint density at radius 1 is 1.10 bits per heavy atom. The van der Waals surface area contributed by atoms with Crippen LogP contribution in [0.5, 0.6) is 5.75 Å². The number of aromatic nitrogens is 2. The van der Waals surface area contributed by atoms with Crippen LogP contribution in [0.3, 0.4) is 0 Å². The molecule has 0 saturated heterocycles. The van der Waals surface area contributed by atoms with Gasteiger partial charge in [-0.2, -0.15) is 4.98 Å². The van der Waals surface area contributed by atoms with Gasteiger partial charge in [0.05, 0.1) is 26.6 Å². The third-order valence-corrected chi connectivity index (χ3v) is 6.46. The molecule has 40 heavy (non-hydrogen) atoms. The number of nitrogens with zero attached hydrogens (tertiary/aromatic N) is 4. The molecule has 11 nitrogen and oxygen atoms in total. The first-order valence-corrected chi connectivity index (χ1v) is 12.5. The summed E-state index contributed by atoms with van der Waals surface area (Å²) in [7, 11) is 2.80. The molecule has 0 spiro atoms. The molecule has 1 aromatic heterocycles. The minimum Gasteiger partial charge on any atom is -0.497 e. The second-order valence-corrected chi connectivity index (χ2v) is 8.88. The predicted octanol–water partition coefficient (Wildman–Crippen LogP) is 3.39. The van der Waals surface area contributed by atoms with E-state index >= 15 is 0 Å². The number of anilines is 3. The van der Waals surface area contributed by atoms with Crippen LogP contribution in [0.2, 0.25) is 0 Å². The predicted molar refractivity (Wildman–Crippen MR) is 147 cm³/mol. The number of rotatable bonds is 7. The van der Waals surface area contributed by atoms with Crippen LogP contribution in [0.4, 0.5) is 22.2 Å². The van der Waals surface area contributed by atoms with Gasteiger partial charge in [-0.3, -0.25) is 10.1 Å². The molecule has 0 saturated carbocycles. The number of Topliss-reactive ketones (excluding diaryl/α,β-unsaturated/α-hetero) is 1. The molecule has 1 amide bonds. The van der Waals surface area contributed by atoms with Crippen molar-refractivity contribution in [2.75, 3.05) is 37.3 Å². The number of esters is 1. The second-order valence-electron chi connectivity index (χ2n) is 8.88. The first kappa shape index (κ1) is 26.6. The monoisotopic (exact) mass is 541 g/mol. The number of ether oxygens (including phenoxy) is 3. The summed E-state index contributed by atoms with van der Waals surface area (Å²) in [6.45, 7) is 0.260. The summed E-state index contributed by atoms with van der Waals surface area (Å²) in [6.07, 6.45) is 6.21. The second kappa shape index (κ2) is 11.8. The minimum absolute atomic E-state index is 0.0323. The Morgan fingerprint density at radius 3 is 2.60 bits per heavy atom. The van der Waals surface area contributed by atoms with Gasteiger partial charge in [0, 0.05) is 23.9 Å². The van der Waals surface area contributed by atoms with Gasteiger partial charge in [-0.05, 0) is 29.8 Å². The lowest BCUT2D eigenvalue weighted by Crippen LogP contribution is -2.49. The third kappa shape index (κ3) is 5.40. The fourth-order valence-electron chi connectivity index (χ4n) is 4.45. The molecule has 2 aliphatic rings. The molecule has 0 fully saturated rings. The summed E-state index contributed by atoms with van der Waals surface area (Å²) in [5.74, 6) is 0.439. The minimum atomic E-state index is -0.851. The highest BCUT2D eigenvalue weighted by molar-refractivity contribution is 6.26. The highest BCUT2D eigenvalue weighted by Crippen LogP contribution is 2.32. The van der Waals surface area contributed by atoms with Crippen molar-refractivity contribution in [1.82, 2.24) is 15.3 Å². The normalized spacial score (nSPS) is 16.1. The van der Waals surface area contributed by atoms with Crippen LogP contribution >= 0.6 is 0 Å². The highest BCUT2D eigenvalue weighted by atomic mass is 16.6. The summed E-state index contributed by atoms with van der Waals surface area (Å²) >= 11 is 0. The number of nitrogens with one attached hydrogen (secondary N) is 1. The SMILES string of the molecule is COC(=O)COC(=O)N(c1ccccc1)c1ncc2c(n1)N(C1C=CC=C(c3ccc(OC)cc3)C1=O)CNC2. The lowest BCUT2D eigenvalue weighted by molar-refractivity contribution is -0.143.